The lowest BCUT2D eigenvalue weighted by Crippen LogP contribution is -2.26. The van der Waals surface area contributed by atoms with E-state index in [2.05, 4.69) is 260 Å². The van der Waals surface area contributed by atoms with E-state index in [0.717, 1.165) is 100 Å². The Hall–Kier alpha value is -9.64. The van der Waals surface area contributed by atoms with Crippen molar-refractivity contribution in [3.63, 3.8) is 0 Å². The third-order valence-corrected chi connectivity index (χ3v) is 15.7. The van der Waals surface area contributed by atoms with Crippen molar-refractivity contribution in [2.45, 2.75) is 12.3 Å². The van der Waals surface area contributed by atoms with Crippen LogP contribution in [0.4, 0.5) is 34.1 Å². The van der Waals surface area contributed by atoms with Gasteiger partial charge in [0, 0.05) is 44.5 Å². The summed E-state index contributed by atoms with van der Waals surface area (Å²) in [5.74, 6) is 0.825. The molecule has 0 radical (unpaired) electrons. The van der Waals surface area contributed by atoms with E-state index in [1.807, 2.05) is 12.2 Å². The number of benzene rings is 11. The molecule has 2 aromatic heterocycles. The molecule has 0 fully saturated rings. The molecule has 15 rings (SSSR count). The lowest BCUT2D eigenvalue weighted by atomic mass is 9.70. The van der Waals surface area contributed by atoms with Gasteiger partial charge in [-0.2, -0.15) is 0 Å². The summed E-state index contributed by atoms with van der Waals surface area (Å²) in [4.78, 5) is 4.80. The number of rotatable bonds is 8. The predicted molar refractivity (Wildman–Crippen MR) is 308 cm³/mol. The second-order valence-corrected chi connectivity index (χ2v) is 19.6. The first-order chi connectivity index (χ1) is 36.6. The zero-order valence-corrected chi connectivity index (χ0v) is 40.6. The van der Waals surface area contributed by atoms with E-state index >= 15 is 0 Å². The molecule has 1 spiro atoms. The molecule has 0 saturated heterocycles. The highest BCUT2D eigenvalue weighted by Crippen LogP contribution is 2.68. The van der Waals surface area contributed by atoms with Crippen LogP contribution in [-0.4, -0.2) is 0 Å². The Labute approximate surface area is 428 Å². The van der Waals surface area contributed by atoms with Crippen molar-refractivity contribution in [2.75, 3.05) is 9.80 Å². The fourth-order valence-corrected chi connectivity index (χ4v) is 12.7. The normalized spacial score (nSPS) is 13.0. The number of aryl methyl sites for hydroxylation is 1. The molecule has 2 heterocycles. The third-order valence-electron chi connectivity index (χ3n) is 15.7. The summed E-state index contributed by atoms with van der Waals surface area (Å²) < 4.78 is 14.7. The summed E-state index contributed by atoms with van der Waals surface area (Å²) >= 11 is 0. The van der Waals surface area contributed by atoms with Crippen LogP contribution in [0.2, 0.25) is 0 Å². The van der Waals surface area contributed by atoms with Crippen molar-refractivity contribution in [1.82, 2.24) is 0 Å². The van der Waals surface area contributed by atoms with Gasteiger partial charge in [0.05, 0.1) is 16.8 Å². The first-order valence-corrected chi connectivity index (χ1v) is 25.4. The van der Waals surface area contributed by atoms with Gasteiger partial charge in [0.1, 0.15) is 11.3 Å². The molecule has 11 aromatic carbocycles. The minimum absolute atomic E-state index is 0.801. The van der Waals surface area contributed by atoms with Crippen LogP contribution in [0, 0.1) is 6.92 Å². The van der Waals surface area contributed by atoms with Gasteiger partial charge in [0.25, 0.3) is 0 Å². The molecule has 4 nitrogen and oxygen atoms in total. The summed E-state index contributed by atoms with van der Waals surface area (Å²) in [6, 6.07) is 83.9. The molecule has 74 heavy (non-hydrogen) atoms. The topological polar surface area (TPSA) is 32.8 Å². The maximum absolute atomic E-state index is 7.35. The number of hydrogen-bond donors (Lipinski definition) is 0. The Morgan fingerprint density at radius 1 is 0.419 bits per heavy atom. The molecule has 0 atom stereocenters. The SMILES string of the molecule is C=C/C=C\c1c(C)oc2c(N(c3ccccc3)c3ccc4ccccc4c3)cc3c(c12)-c1c(cc(N(c2ccccc2)c2ccc4ccccc4c2)c2oc4ccccc4c12)C31c2ccccc2-c2ccccc21. The minimum atomic E-state index is -0.801. The smallest absolute Gasteiger partial charge is 0.160 e. The van der Waals surface area contributed by atoms with E-state index in [1.54, 1.807) is 0 Å². The van der Waals surface area contributed by atoms with Gasteiger partial charge in [-0.1, -0.05) is 189 Å². The number of hydrogen-bond acceptors (Lipinski definition) is 4. The maximum Gasteiger partial charge on any atom is 0.160 e. The molecule has 13 aromatic rings. The molecule has 0 bridgehead atoms. The highest BCUT2D eigenvalue weighted by atomic mass is 16.3. The molecule has 0 aliphatic heterocycles. The zero-order chi connectivity index (χ0) is 49.1. The summed E-state index contributed by atoms with van der Waals surface area (Å²) in [6.07, 6.45) is 6.07. The largest absolute Gasteiger partial charge is 0.458 e. The van der Waals surface area contributed by atoms with Gasteiger partial charge in [0.15, 0.2) is 11.2 Å². The van der Waals surface area contributed by atoms with Crippen molar-refractivity contribution in [1.29, 1.82) is 0 Å². The van der Waals surface area contributed by atoms with Crippen LogP contribution in [0.3, 0.4) is 0 Å². The van der Waals surface area contributed by atoms with Crippen molar-refractivity contribution in [3.8, 4) is 22.3 Å². The Morgan fingerprint density at radius 3 is 1.46 bits per heavy atom. The monoisotopic (exact) mass is 946 g/mol. The molecule has 0 N–H and O–H groups in total. The Bertz CT molecular complexity index is 4440. The maximum atomic E-state index is 7.35. The summed E-state index contributed by atoms with van der Waals surface area (Å²) in [5, 5.41) is 7.85. The molecule has 0 saturated carbocycles. The second-order valence-electron chi connectivity index (χ2n) is 19.6. The lowest BCUT2D eigenvalue weighted by molar-refractivity contribution is 0.578. The Morgan fingerprint density at radius 2 is 0.892 bits per heavy atom. The van der Waals surface area contributed by atoms with Crippen molar-refractivity contribution in [2.24, 2.45) is 0 Å². The highest BCUT2D eigenvalue weighted by Gasteiger charge is 2.54. The molecule has 4 heteroatoms. The number of anilines is 6. The minimum Gasteiger partial charge on any atom is -0.458 e. The van der Waals surface area contributed by atoms with Crippen LogP contribution in [0.15, 0.2) is 258 Å². The summed E-state index contributed by atoms with van der Waals surface area (Å²) in [5.41, 5.74) is 18.3. The number of fused-ring (bicyclic) bond motifs is 18. The van der Waals surface area contributed by atoms with Crippen molar-refractivity contribution < 1.29 is 8.83 Å². The second kappa shape index (κ2) is 16.2. The van der Waals surface area contributed by atoms with Crippen LogP contribution in [0.1, 0.15) is 33.6 Å². The predicted octanol–water partition coefficient (Wildman–Crippen LogP) is 19.4. The Kier molecular flexibility index (Phi) is 9.21. The average molecular weight is 947 g/mol. The number of nitrogens with zero attached hydrogens (tertiary/aromatic N) is 2. The van der Waals surface area contributed by atoms with Gasteiger partial charge < -0.3 is 18.6 Å². The van der Waals surface area contributed by atoms with Crippen LogP contribution >= 0.6 is 0 Å². The van der Waals surface area contributed by atoms with Gasteiger partial charge in [-0.05, 0) is 140 Å². The van der Waals surface area contributed by atoms with Crippen molar-refractivity contribution in [3.05, 3.63) is 283 Å². The van der Waals surface area contributed by atoms with Crippen molar-refractivity contribution >= 4 is 94.7 Å². The highest BCUT2D eigenvalue weighted by molar-refractivity contribution is 6.25. The van der Waals surface area contributed by atoms with E-state index in [1.165, 1.54) is 44.2 Å². The molecule has 0 unspecified atom stereocenters. The number of furan rings is 2. The van der Waals surface area contributed by atoms with E-state index in [0.29, 0.717) is 0 Å². The Balaban J connectivity index is 1.16. The first-order valence-electron chi connectivity index (χ1n) is 25.4. The fourth-order valence-electron chi connectivity index (χ4n) is 12.7. The van der Waals surface area contributed by atoms with Crippen LogP contribution < -0.4 is 9.80 Å². The average Bonchev–Trinajstić information content (AvgIpc) is 4.19. The van der Waals surface area contributed by atoms with Gasteiger partial charge in [-0.15, -0.1) is 0 Å². The molecule has 2 aliphatic carbocycles. The standard InChI is InChI=1S/C70H46N2O2/c1-3-4-29-53-44(2)73-68-61(71(49-25-7-5-8-26-49)51-38-36-45-21-11-13-23-47(45)40-51)42-59-66(64(53)68)67-60(70(59)57-33-18-15-30-54(57)55-31-16-19-34-58(55)70)43-62(69-65(67)56-32-17-20-35-63(56)74-69)72(50-27-9-6-10-28-50)52-39-37-46-22-12-14-24-48(46)41-52/h3-43H,1H2,2H3/b29-4-. The van der Waals surface area contributed by atoms with Gasteiger partial charge >= 0.3 is 0 Å². The van der Waals surface area contributed by atoms with E-state index in [9.17, 15) is 0 Å². The first kappa shape index (κ1) is 42.1. The van der Waals surface area contributed by atoms with Gasteiger partial charge in [-0.25, -0.2) is 0 Å². The molecule has 348 valence electrons. The quantitative estimate of drug-likeness (QED) is 0.142. The molecular formula is C70H46N2O2. The molecule has 0 amide bonds. The zero-order valence-electron chi connectivity index (χ0n) is 40.6. The lowest BCUT2D eigenvalue weighted by Gasteiger charge is -2.33. The van der Waals surface area contributed by atoms with Crippen LogP contribution in [-0.2, 0) is 5.41 Å². The fraction of sp³-hybridized carbons (Fsp3) is 0.0286. The van der Waals surface area contributed by atoms with E-state index in [4.69, 9.17) is 8.83 Å². The number of para-hydroxylation sites is 3. The van der Waals surface area contributed by atoms with E-state index < -0.39 is 5.41 Å². The van der Waals surface area contributed by atoms with Crippen LogP contribution in [0.25, 0.3) is 82.8 Å². The third kappa shape index (κ3) is 5.91. The molecular weight excluding hydrogens is 901 g/mol. The number of allylic oxidation sites excluding steroid dienone is 2. The van der Waals surface area contributed by atoms with Crippen LogP contribution in [0.5, 0.6) is 0 Å². The van der Waals surface area contributed by atoms with Gasteiger partial charge in [-0.3, -0.25) is 0 Å². The molecule has 2 aliphatic rings. The summed E-state index contributed by atoms with van der Waals surface area (Å²) in [7, 11) is 0. The van der Waals surface area contributed by atoms with E-state index in [-0.39, 0.29) is 0 Å². The van der Waals surface area contributed by atoms with Gasteiger partial charge in [0.2, 0.25) is 0 Å². The summed E-state index contributed by atoms with van der Waals surface area (Å²) in [6.45, 7) is 6.25.